The number of aromatic nitrogens is 1. The van der Waals surface area contributed by atoms with Gasteiger partial charge in [-0.25, -0.2) is 4.79 Å². The molecule has 0 bridgehead atoms. The summed E-state index contributed by atoms with van der Waals surface area (Å²) in [5.74, 6) is 0.107. The molecule has 1 amide bonds. The molecule has 0 spiro atoms. The number of hydrogen-bond donors (Lipinski definition) is 1. The van der Waals surface area contributed by atoms with Gasteiger partial charge in [-0.2, -0.15) is 0 Å². The van der Waals surface area contributed by atoms with E-state index in [2.05, 4.69) is 10.3 Å². The second-order valence-electron chi connectivity index (χ2n) is 6.48. The summed E-state index contributed by atoms with van der Waals surface area (Å²) in [5.41, 5.74) is 2.30. The molecular formula is C23H24N2O5. The summed E-state index contributed by atoms with van der Waals surface area (Å²) in [7, 11) is 0. The predicted molar refractivity (Wildman–Crippen MR) is 114 cm³/mol. The number of amides is 1. The summed E-state index contributed by atoms with van der Waals surface area (Å²) >= 11 is 0. The standard InChI is InChI=1S/C23H24N2O5/c1-4-28-20-11-10-16(13-21(20)29-5-2)25-22(26)14-30-23(27)18-12-15(3)24-19-9-7-6-8-17(18)19/h6-13H,4-5,14H2,1-3H3,(H,25,26). The van der Waals surface area contributed by atoms with E-state index >= 15 is 0 Å². The van der Waals surface area contributed by atoms with E-state index in [0.717, 1.165) is 0 Å². The number of para-hydroxylation sites is 1. The van der Waals surface area contributed by atoms with Gasteiger partial charge >= 0.3 is 5.97 Å². The number of nitrogens with zero attached hydrogens (tertiary/aromatic N) is 1. The second-order valence-corrected chi connectivity index (χ2v) is 6.48. The van der Waals surface area contributed by atoms with Gasteiger partial charge < -0.3 is 19.5 Å². The minimum Gasteiger partial charge on any atom is -0.490 e. The van der Waals surface area contributed by atoms with Crippen LogP contribution in [0.3, 0.4) is 0 Å². The minimum absolute atomic E-state index is 0.380. The number of pyridine rings is 1. The summed E-state index contributed by atoms with van der Waals surface area (Å²) in [6.07, 6.45) is 0. The fourth-order valence-corrected chi connectivity index (χ4v) is 3.01. The van der Waals surface area contributed by atoms with Crippen LogP contribution in [0.15, 0.2) is 48.5 Å². The Bertz CT molecular complexity index is 1060. The first kappa shape index (κ1) is 21.1. The summed E-state index contributed by atoms with van der Waals surface area (Å²) in [6, 6.07) is 14.1. The zero-order valence-corrected chi connectivity index (χ0v) is 17.2. The summed E-state index contributed by atoms with van der Waals surface area (Å²) in [5, 5.41) is 3.38. The molecule has 0 unspecified atom stereocenters. The minimum atomic E-state index is -0.575. The number of carbonyl (C=O) groups is 2. The highest BCUT2D eigenvalue weighted by Crippen LogP contribution is 2.30. The first-order chi connectivity index (χ1) is 14.5. The predicted octanol–water partition coefficient (Wildman–Crippen LogP) is 4.14. The number of rotatable bonds is 8. The van der Waals surface area contributed by atoms with E-state index in [-0.39, 0.29) is 0 Å². The van der Waals surface area contributed by atoms with E-state index in [1.54, 1.807) is 37.3 Å². The van der Waals surface area contributed by atoms with E-state index in [9.17, 15) is 9.59 Å². The average molecular weight is 408 g/mol. The topological polar surface area (TPSA) is 86.8 Å². The Morgan fingerprint density at radius 2 is 1.70 bits per heavy atom. The monoisotopic (exact) mass is 408 g/mol. The quantitative estimate of drug-likeness (QED) is 0.564. The molecular weight excluding hydrogens is 384 g/mol. The van der Waals surface area contributed by atoms with Crippen molar-refractivity contribution in [3.8, 4) is 11.5 Å². The molecule has 7 heteroatoms. The lowest BCUT2D eigenvalue weighted by Gasteiger charge is -2.13. The SMILES string of the molecule is CCOc1ccc(NC(=O)COC(=O)c2cc(C)nc3ccccc23)cc1OCC. The maximum atomic E-state index is 12.6. The first-order valence-electron chi connectivity index (χ1n) is 9.74. The normalized spacial score (nSPS) is 10.5. The third kappa shape index (κ3) is 5.05. The molecule has 7 nitrogen and oxygen atoms in total. The highest BCUT2D eigenvalue weighted by atomic mass is 16.5. The van der Waals surface area contributed by atoms with Crippen molar-refractivity contribution in [2.45, 2.75) is 20.8 Å². The number of anilines is 1. The largest absolute Gasteiger partial charge is 0.490 e. The van der Waals surface area contributed by atoms with Crippen molar-refractivity contribution >= 4 is 28.5 Å². The Hall–Kier alpha value is -3.61. The number of aryl methyl sites for hydroxylation is 1. The fourth-order valence-electron chi connectivity index (χ4n) is 3.01. The fraction of sp³-hybridized carbons (Fsp3) is 0.261. The van der Waals surface area contributed by atoms with Crippen molar-refractivity contribution in [1.29, 1.82) is 0 Å². The molecule has 156 valence electrons. The van der Waals surface area contributed by atoms with E-state index < -0.39 is 18.5 Å². The Morgan fingerprint density at radius 1 is 0.967 bits per heavy atom. The molecule has 0 aliphatic carbocycles. The molecule has 0 aliphatic rings. The van der Waals surface area contributed by atoms with Crippen LogP contribution in [0, 0.1) is 6.92 Å². The van der Waals surface area contributed by atoms with Crippen LogP contribution in [0.5, 0.6) is 11.5 Å². The number of esters is 1. The van der Waals surface area contributed by atoms with E-state index in [1.807, 2.05) is 32.0 Å². The number of carbonyl (C=O) groups excluding carboxylic acids is 2. The van der Waals surface area contributed by atoms with Crippen LogP contribution in [0.4, 0.5) is 5.69 Å². The molecule has 1 N–H and O–H groups in total. The number of nitrogens with one attached hydrogen (secondary N) is 1. The molecule has 3 aromatic rings. The van der Waals surface area contributed by atoms with Gasteiger partial charge in [0.25, 0.3) is 5.91 Å². The molecule has 0 fully saturated rings. The molecule has 0 saturated carbocycles. The average Bonchev–Trinajstić information content (AvgIpc) is 2.73. The molecule has 0 radical (unpaired) electrons. The van der Waals surface area contributed by atoms with Crippen LogP contribution in [0.25, 0.3) is 10.9 Å². The third-order valence-corrected chi connectivity index (χ3v) is 4.23. The lowest BCUT2D eigenvalue weighted by atomic mass is 10.1. The molecule has 0 saturated heterocycles. The van der Waals surface area contributed by atoms with Crippen LogP contribution in [0.1, 0.15) is 29.9 Å². The molecule has 1 heterocycles. The van der Waals surface area contributed by atoms with Crippen LogP contribution < -0.4 is 14.8 Å². The summed E-state index contributed by atoms with van der Waals surface area (Å²) in [6.45, 7) is 6.11. The Labute approximate surface area is 175 Å². The number of fused-ring (bicyclic) bond motifs is 1. The number of hydrogen-bond acceptors (Lipinski definition) is 6. The van der Waals surface area contributed by atoms with Crippen LogP contribution >= 0.6 is 0 Å². The molecule has 30 heavy (non-hydrogen) atoms. The van der Waals surface area contributed by atoms with Crippen LogP contribution in [-0.4, -0.2) is 36.7 Å². The van der Waals surface area contributed by atoms with E-state index in [1.165, 1.54) is 0 Å². The maximum absolute atomic E-state index is 12.6. The van der Waals surface area contributed by atoms with Crippen molar-refractivity contribution in [3.05, 3.63) is 59.8 Å². The van der Waals surface area contributed by atoms with Crippen LogP contribution in [-0.2, 0) is 9.53 Å². The van der Waals surface area contributed by atoms with Crippen molar-refractivity contribution in [2.24, 2.45) is 0 Å². The van der Waals surface area contributed by atoms with Gasteiger partial charge in [-0.3, -0.25) is 9.78 Å². The van der Waals surface area contributed by atoms with Crippen LogP contribution in [0.2, 0.25) is 0 Å². The molecule has 1 aromatic heterocycles. The zero-order valence-electron chi connectivity index (χ0n) is 17.2. The highest BCUT2D eigenvalue weighted by Gasteiger charge is 2.15. The zero-order chi connectivity index (χ0) is 21.5. The number of benzene rings is 2. The maximum Gasteiger partial charge on any atom is 0.339 e. The molecule has 2 aromatic carbocycles. The van der Waals surface area contributed by atoms with Crippen molar-refractivity contribution in [2.75, 3.05) is 25.1 Å². The molecule has 3 rings (SSSR count). The van der Waals surface area contributed by atoms with Crippen molar-refractivity contribution in [1.82, 2.24) is 4.98 Å². The second kappa shape index (κ2) is 9.73. The smallest absolute Gasteiger partial charge is 0.339 e. The summed E-state index contributed by atoms with van der Waals surface area (Å²) in [4.78, 5) is 29.2. The van der Waals surface area contributed by atoms with Gasteiger partial charge in [-0.05, 0) is 45.0 Å². The van der Waals surface area contributed by atoms with Crippen molar-refractivity contribution < 1.29 is 23.8 Å². The van der Waals surface area contributed by atoms with Crippen molar-refractivity contribution in [3.63, 3.8) is 0 Å². The van der Waals surface area contributed by atoms with E-state index in [4.69, 9.17) is 14.2 Å². The van der Waals surface area contributed by atoms with Gasteiger partial charge in [0, 0.05) is 22.8 Å². The van der Waals surface area contributed by atoms with E-state index in [0.29, 0.717) is 52.6 Å². The Kier molecular flexibility index (Phi) is 6.85. The van der Waals surface area contributed by atoms with Gasteiger partial charge in [0.1, 0.15) is 0 Å². The Balaban J connectivity index is 1.66. The number of ether oxygens (including phenoxy) is 3. The lowest BCUT2D eigenvalue weighted by molar-refractivity contribution is -0.119. The van der Waals surface area contributed by atoms with Gasteiger partial charge in [0.15, 0.2) is 18.1 Å². The first-order valence-corrected chi connectivity index (χ1v) is 9.74. The van der Waals surface area contributed by atoms with Gasteiger partial charge in [-0.1, -0.05) is 18.2 Å². The van der Waals surface area contributed by atoms with Gasteiger partial charge in [0.2, 0.25) is 0 Å². The summed E-state index contributed by atoms with van der Waals surface area (Å²) < 4.78 is 16.3. The lowest BCUT2D eigenvalue weighted by Crippen LogP contribution is -2.21. The van der Waals surface area contributed by atoms with Gasteiger partial charge in [0.05, 0.1) is 24.3 Å². The third-order valence-electron chi connectivity index (χ3n) is 4.23. The highest BCUT2D eigenvalue weighted by molar-refractivity contribution is 6.04. The molecule has 0 aliphatic heterocycles. The molecule has 0 atom stereocenters. The Morgan fingerprint density at radius 3 is 2.47 bits per heavy atom. The van der Waals surface area contributed by atoms with Gasteiger partial charge in [-0.15, -0.1) is 0 Å².